The van der Waals surface area contributed by atoms with Crippen molar-refractivity contribution < 1.29 is 17.2 Å². The normalized spacial score (nSPS) is 11.5. The monoisotopic (exact) mass is 394 g/mol. The molecule has 0 radical (unpaired) electrons. The molecule has 0 spiro atoms. The number of halogens is 2. The van der Waals surface area contributed by atoms with Crippen molar-refractivity contribution in [2.75, 3.05) is 11.6 Å². The second-order valence-electron chi connectivity index (χ2n) is 5.85. The summed E-state index contributed by atoms with van der Waals surface area (Å²) in [5, 5.41) is 5.31. The highest BCUT2D eigenvalue weighted by Crippen LogP contribution is 2.27. The van der Waals surface area contributed by atoms with Crippen LogP contribution in [0, 0.1) is 11.6 Å². The van der Waals surface area contributed by atoms with E-state index in [-0.39, 0.29) is 18.1 Å². The van der Waals surface area contributed by atoms with E-state index < -0.39 is 15.7 Å². The van der Waals surface area contributed by atoms with Crippen LogP contribution >= 0.6 is 11.3 Å². The summed E-state index contributed by atoms with van der Waals surface area (Å²) in [7, 11) is -3.24. The van der Waals surface area contributed by atoms with Gasteiger partial charge in [-0.2, -0.15) is 0 Å². The molecule has 1 heterocycles. The van der Waals surface area contributed by atoms with Gasteiger partial charge in [-0.1, -0.05) is 18.2 Å². The summed E-state index contributed by atoms with van der Waals surface area (Å²) in [5.41, 5.74) is 1.98. The third-order valence-corrected chi connectivity index (χ3v) is 5.31. The van der Waals surface area contributed by atoms with Crippen LogP contribution in [0.15, 0.2) is 47.8 Å². The lowest BCUT2D eigenvalue weighted by atomic mass is 10.1. The second-order valence-corrected chi connectivity index (χ2v) is 8.85. The number of nitrogens with zero attached hydrogens (tertiary/aromatic N) is 1. The predicted molar refractivity (Wildman–Crippen MR) is 99.8 cm³/mol. The van der Waals surface area contributed by atoms with E-state index in [1.54, 1.807) is 23.6 Å². The van der Waals surface area contributed by atoms with Gasteiger partial charge in [0.1, 0.15) is 11.6 Å². The van der Waals surface area contributed by atoms with Crippen LogP contribution in [0.2, 0.25) is 0 Å². The average molecular weight is 394 g/mol. The summed E-state index contributed by atoms with van der Waals surface area (Å²) in [6.07, 6.45) is 1.13. The number of nitrogens with one attached hydrogen (secondary N) is 1. The van der Waals surface area contributed by atoms with Crippen molar-refractivity contribution in [1.29, 1.82) is 0 Å². The number of hydrogen-bond donors (Lipinski definition) is 1. The molecule has 0 amide bonds. The first-order chi connectivity index (χ1) is 12.3. The van der Waals surface area contributed by atoms with Gasteiger partial charge in [-0.25, -0.2) is 22.2 Å². The molecule has 3 aromatic rings. The Hall–Kier alpha value is -2.32. The maximum Gasteiger partial charge on any atom is 0.183 e. The van der Waals surface area contributed by atoms with E-state index in [2.05, 4.69) is 10.3 Å². The molecule has 2 aromatic carbocycles. The summed E-state index contributed by atoms with van der Waals surface area (Å²) >= 11 is 1.29. The standard InChI is InChI=1S/C18H16F2N2O2S2/c1-26(23,24)11-12-6-7-14(19)8-13(12)9-21-18-22-17(10-25-18)15-4-2-3-5-16(15)20/h2-8,10H,9,11H2,1H3,(H,21,22). The summed E-state index contributed by atoms with van der Waals surface area (Å²) in [5.74, 6) is -0.960. The Morgan fingerprint density at radius 2 is 1.88 bits per heavy atom. The summed E-state index contributed by atoms with van der Waals surface area (Å²) in [6.45, 7) is 0.215. The fourth-order valence-electron chi connectivity index (χ4n) is 2.50. The van der Waals surface area contributed by atoms with E-state index in [4.69, 9.17) is 0 Å². The lowest BCUT2D eigenvalue weighted by Gasteiger charge is -2.10. The molecule has 0 saturated heterocycles. The first-order valence-corrected chi connectivity index (χ1v) is 10.7. The second kappa shape index (κ2) is 7.51. The molecule has 0 bridgehead atoms. The van der Waals surface area contributed by atoms with Gasteiger partial charge in [0.15, 0.2) is 15.0 Å². The molecule has 4 nitrogen and oxygen atoms in total. The molecule has 1 aromatic heterocycles. The third kappa shape index (κ3) is 4.64. The largest absolute Gasteiger partial charge is 0.357 e. The summed E-state index contributed by atoms with van der Waals surface area (Å²) in [4.78, 5) is 4.34. The number of anilines is 1. The van der Waals surface area contributed by atoms with Crippen LogP contribution in [0.3, 0.4) is 0 Å². The van der Waals surface area contributed by atoms with Crippen molar-refractivity contribution in [2.45, 2.75) is 12.3 Å². The fraction of sp³-hybridized carbons (Fsp3) is 0.167. The summed E-state index contributed by atoms with van der Waals surface area (Å²) in [6, 6.07) is 10.4. The van der Waals surface area contributed by atoms with Crippen LogP contribution in [-0.2, 0) is 22.1 Å². The third-order valence-electron chi connectivity index (χ3n) is 3.67. The zero-order valence-electron chi connectivity index (χ0n) is 13.9. The average Bonchev–Trinajstić information content (AvgIpc) is 3.03. The SMILES string of the molecule is CS(=O)(=O)Cc1ccc(F)cc1CNc1nc(-c2ccccc2F)cs1. The van der Waals surface area contributed by atoms with E-state index >= 15 is 0 Å². The minimum absolute atomic E-state index is 0.164. The number of rotatable bonds is 6. The molecule has 0 unspecified atom stereocenters. The molecule has 136 valence electrons. The predicted octanol–water partition coefficient (Wildman–Crippen LogP) is 4.25. The number of benzene rings is 2. The van der Waals surface area contributed by atoms with Gasteiger partial charge >= 0.3 is 0 Å². The molecule has 0 aliphatic carbocycles. The van der Waals surface area contributed by atoms with Crippen LogP contribution < -0.4 is 5.32 Å². The lowest BCUT2D eigenvalue weighted by Crippen LogP contribution is -2.08. The molecule has 8 heteroatoms. The van der Waals surface area contributed by atoms with Crippen molar-refractivity contribution in [2.24, 2.45) is 0 Å². The van der Waals surface area contributed by atoms with E-state index in [0.717, 1.165) is 6.26 Å². The Kier molecular flexibility index (Phi) is 5.33. The molecule has 0 saturated carbocycles. The van der Waals surface area contributed by atoms with Crippen LogP contribution in [-0.4, -0.2) is 19.7 Å². The van der Waals surface area contributed by atoms with Crippen molar-refractivity contribution in [3.63, 3.8) is 0 Å². The van der Waals surface area contributed by atoms with Crippen LogP contribution in [0.25, 0.3) is 11.3 Å². The number of sulfone groups is 1. The Morgan fingerprint density at radius 3 is 2.62 bits per heavy atom. The Balaban J connectivity index is 1.78. The minimum atomic E-state index is -3.24. The number of thiazole rings is 1. The van der Waals surface area contributed by atoms with Gasteiger partial charge in [0.2, 0.25) is 0 Å². The Bertz CT molecular complexity index is 1030. The highest BCUT2D eigenvalue weighted by atomic mass is 32.2. The molecule has 0 aliphatic heterocycles. The van der Waals surface area contributed by atoms with E-state index in [9.17, 15) is 17.2 Å². The van der Waals surface area contributed by atoms with Gasteiger partial charge in [0.05, 0.1) is 11.4 Å². The van der Waals surface area contributed by atoms with Gasteiger partial charge in [-0.15, -0.1) is 11.3 Å². The van der Waals surface area contributed by atoms with Crippen LogP contribution in [0.1, 0.15) is 11.1 Å². The molecular weight excluding hydrogens is 378 g/mol. The van der Waals surface area contributed by atoms with Crippen molar-refractivity contribution in [3.8, 4) is 11.3 Å². The Morgan fingerprint density at radius 1 is 1.12 bits per heavy atom. The zero-order chi connectivity index (χ0) is 18.7. The highest BCUT2D eigenvalue weighted by Gasteiger charge is 2.12. The molecule has 0 atom stereocenters. The lowest BCUT2D eigenvalue weighted by molar-refractivity contribution is 0.600. The maximum absolute atomic E-state index is 13.8. The van der Waals surface area contributed by atoms with E-state index in [1.807, 2.05) is 0 Å². The number of hydrogen-bond acceptors (Lipinski definition) is 5. The molecule has 1 N–H and O–H groups in total. The zero-order valence-corrected chi connectivity index (χ0v) is 15.5. The summed E-state index contributed by atoms with van der Waals surface area (Å²) < 4.78 is 50.5. The number of aromatic nitrogens is 1. The van der Waals surface area contributed by atoms with Crippen LogP contribution in [0.5, 0.6) is 0 Å². The molecule has 0 aliphatic rings. The van der Waals surface area contributed by atoms with Crippen LogP contribution in [0.4, 0.5) is 13.9 Å². The van der Waals surface area contributed by atoms with Crippen molar-refractivity contribution >= 4 is 26.3 Å². The van der Waals surface area contributed by atoms with Gasteiger partial charge in [0, 0.05) is 23.7 Å². The molecule has 26 heavy (non-hydrogen) atoms. The van der Waals surface area contributed by atoms with E-state index in [1.165, 1.54) is 35.6 Å². The van der Waals surface area contributed by atoms with Gasteiger partial charge < -0.3 is 5.32 Å². The van der Waals surface area contributed by atoms with Gasteiger partial charge in [-0.05, 0) is 35.4 Å². The first kappa shape index (κ1) is 18.5. The fourth-order valence-corrected chi connectivity index (χ4v) is 4.06. The highest BCUT2D eigenvalue weighted by molar-refractivity contribution is 7.89. The van der Waals surface area contributed by atoms with Gasteiger partial charge in [-0.3, -0.25) is 0 Å². The van der Waals surface area contributed by atoms with Crippen molar-refractivity contribution in [3.05, 3.63) is 70.6 Å². The first-order valence-electron chi connectivity index (χ1n) is 7.71. The smallest absolute Gasteiger partial charge is 0.183 e. The topological polar surface area (TPSA) is 59.1 Å². The maximum atomic E-state index is 13.8. The Labute approximate surface area is 154 Å². The molecular formula is C18H16F2N2O2S2. The van der Waals surface area contributed by atoms with Crippen molar-refractivity contribution in [1.82, 2.24) is 4.98 Å². The molecule has 3 rings (SSSR count). The molecule has 0 fully saturated rings. The minimum Gasteiger partial charge on any atom is -0.357 e. The van der Waals surface area contributed by atoms with E-state index in [0.29, 0.717) is 27.5 Å². The quantitative estimate of drug-likeness (QED) is 0.679. The van der Waals surface area contributed by atoms with Gasteiger partial charge in [0.25, 0.3) is 0 Å².